The lowest BCUT2D eigenvalue weighted by Gasteiger charge is -2.09. The van der Waals surface area contributed by atoms with Crippen molar-refractivity contribution in [3.8, 4) is 5.75 Å². The first kappa shape index (κ1) is 20.9. The quantitative estimate of drug-likeness (QED) is 0.428. The summed E-state index contributed by atoms with van der Waals surface area (Å²) in [5.74, 6) is -0.164. The zero-order valence-corrected chi connectivity index (χ0v) is 17.5. The van der Waals surface area contributed by atoms with Gasteiger partial charge in [0.25, 0.3) is 5.91 Å². The van der Waals surface area contributed by atoms with Gasteiger partial charge in [0, 0.05) is 22.4 Å². The van der Waals surface area contributed by atoms with Gasteiger partial charge in [-0.1, -0.05) is 29.3 Å². The van der Waals surface area contributed by atoms with Crippen molar-refractivity contribution in [1.29, 1.82) is 0 Å². The molecule has 2 heterocycles. The number of carbonyl (C=O) groups excluding carboxylic acids is 1. The molecule has 10 heteroatoms. The maximum Gasteiger partial charge on any atom is 0.274 e. The van der Waals surface area contributed by atoms with Gasteiger partial charge < -0.3 is 10.1 Å². The average molecular weight is 460 g/mol. The monoisotopic (exact) mass is 459 g/mol. The molecule has 1 amide bonds. The third-order valence-corrected chi connectivity index (χ3v) is 4.96. The molecular formula is C21H16Cl2FN5O2. The van der Waals surface area contributed by atoms with Gasteiger partial charge in [0.15, 0.2) is 6.73 Å². The molecule has 0 fully saturated rings. The molecule has 1 N–H and O–H groups in total. The average Bonchev–Trinajstić information content (AvgIpc) is 3.39. The predicted octanol–water partition coefficient (Wildman–Crippen LogP) is 4.86. The Morgan fingerprint density at radius 3 is 2.68 bits per heavy atom. The van der Waals surface area contributed by atoms with Gasteiger partial charge in [0.05, 0.1) is 18.4 Å². The van der Waals surface area contributed by atoms with E-state index >= 15 is 0 Å². The minimum atomic E-state index is -0.404. The number of ether oxygens (including phenoxy) is 1. The summed E-state index contributed by atoms with van der Waals surface area (Å²) < 4.78 is 21.9. The molecule has 31 heavy (non-hydrogen) atoms. The van der Waals surface area contributed by atoms with Crippen LogP contribution in [0.1, 0.15) is 16.1 Å². The first-order chi connectivity index (χ1) is 15.0. The second-order valence-electron chi connectivity index (χ2n) is 6.56. The van der Waals surface area contributed by atoms with Crippen LogP contribution in [0.2, 0.25) is 10.0 Å². The number of benzene rings is 2. The molecule has 0 atom stereocenters. The number of nitrogens with zero attached hydrogens (tertiary/aromatic N) is 4. The summed E-state index contributed by atoms with van der Waals surface area (Å²) in [6, 6.07) is 12.6. The molecule has 0 spiro atoms. The van der Waals surface area contributed by atoms with Crippen LogP contribution in [0.15, 0.2) is 67.1 Å². The number of anilines is 1. The van der Waals surface area contributed by atoms with E-state index in [0.717, 1.165) is 0 Å². The lowest BCUT2D eigenvalue weighted by Crippen LogP contribution is -2.19. The summed E-state index contributed by atoms with van der Waals surface area (Å²) in [4.78, 5) is 12.7. The van der Waals surface area contributed by atoms with Crippen molar-refractivity contribution in [2.75, 3.05) is 5.32 Å². The highest BCUT2D eigenvalue weighted by molar-refractivity contribution is 6.31. The van der Waals surface area contributed by atoms with E-state index in [4.69, 9.17) is 27.9 Å². The van der Waals surface area contributed by atoms with Crippen molar-refractivity contribution in [1.82, 2.24) is 19.6 Å². The summed E-state index contributed by atoms with van der Waals surface area (Å²) in [5, 5.41) is 12.0. The zero-order valence-electron chi connectivity index (χ0n) is 16.0. The third kappa shape index (κ3) is 5.22. The molecule has 0 bridgehead atoms. The number of nitrogens with one attached hydrogen (secondary N) is 1. The Hall–Kier alpha value is -3.36. The molecule has 2 aromatic heterocycles. The van der Waals surface area contributed by atoms with Gasteiger partial charge in [-0.2, -0.15) is 10.2 Å². The highest BCUT2D eigenvalue weighted by atomic mass is 35.5. The maximum absolute atomic E-state index is 13.2. The van der Waals surface area contributed by atoms with E-state index in [0.29, 0.717) is 39.3 Å². The van der Waals surface area contributed by atoms with Crippen LogP contribution >= 0.6 is 23.2 Å². The number of hydrogen-bond donors (Lipinski definition) is 1. The molecule has 0 saturated heterocycles. The van der Waals surface area contributed by atoms with Crippen LogP contribution in [0.4, 0.5) is 10.1 Å². The summed E-state index contributed by atoms with van der Waals surface area (Å²) in [5.41, 5.74) is 1.53. The number of aromatic nitrogens is 4. The van der Waals surface area contributed by atoms with Crippen LogP contribution in [0.25, 0.3) is 0 Å². The summed E-state index contributed by atoms with van der Waals surface area (Å²) in [6.45, 7) is 0.390. The number of amides is 1. The highest BCUT2D eigenvalue weighted by Gasteiger charge is 2.14. The van der Waals surface area contributed by atoms with Crippen LogP contribution in [0.5, 0.6) is 5.75 Å². The van der Waals surface area contributed by atoms with Crippen molar-refractivity contribution in [3.63, 3.8) is 0 Å². The first-order valence-corrected chi connectivity index (χ1v) is 9.91. The van der Waals surface area contributed by atoms with Crippen LogP contribution in [0.3, 0.4) is 0 Å². The molecule has 2 aromatic carbocycles. The van der Waals surface area contributed by atoms with E-state index in [9.17, 15) is 9.18 Å². The smallest absolute Gasteiger partial charge is 0.274 e. The lowest BCUT2D eigenvalue weighted by atomic mass is 10.2. The Kier molecular flexibility index (Phi) is 6.20. The van der Waals surface area contributed by atoms with Crippen molar-refractivity contribution >= 4 is 34.8 Å². The van der Waals surface area contributed by atoms with Gasteiger partial charge >= 0.3 is 0 Å². The largest absolute Gasteiger partial charge is 0.471 e. The fraction of sp³-hybridized carbons (Fsp3) is 0.0952. The Morgan fingerprint density at radius 2 is 1.90 bits per heavy atom. The van der Waals surface area contributed by atoms with Gasteiger partial charge in [-0.25, -0.2) is 9.07 Å². The van der Waals surface area contributed by atoms with Crippen molar-refractivity contribution in [3.05, 3.63) is 94.2 Å². The van der Waals surface area contributed by atoms with Gasteiger partial charge in [-0.05, 0) is 48.0 Å². The minimum Gasteiger partial charge on any atom is -0.471 e. The molecule has 7 nitrogen and oxygen atoms in total. The Bertz CT molecular complexity index is 1210. The Balaban J connectivity index is 1.39. The van der Waals surface area contributed by atoms with E-state index in [1.807, 2.05) is 0 Å². The number of hydrogen-bond acceptors (Lipinski definition) is 4. The van der Waals surface area contributed by atoms with Crippen molar-refractivity contribution in [2.45, 2.75) is 13.3 Å². The summed E-state index contributed by atoms with van der Waals surface area (Å²) >= 11 is 11.9. The summed E-state index contributed by atoms with van der Waals surface area (Å²) in [6.07, 6.45) is 4.68. The van der Waals surface area contributed by atoms with Gasteiger partial charge in [-0.3, -0.25) is 9.48 Å². The second kappa shape index (κ2) is 9.20. The van der Waals surface area contributed by atoms with E-state index in [1.165, 1.54) is 29.2 Å². The van der Waals surface area contributed by atoms with Crippen LogP contribution in [-0.4, -0.2) is 25.5 Å². The fourth-order valence-corrected chi connectivity index (χ4v) is 3.18. The highest BCUT2D eigenvalue weighted by Crippen LogP contribution is 2.19. The standard InChI is InChI=1S/C21H16Cl2FN5O2/c22-15-2-5-18(6-3-15)31-13-29-20(7-8-25-29)21(30)27-17-10-26-28(12-17)11-14-1-4-16(24)9-19(14)23/h1-10,12H,11,13H2,(H,27,30). The Morgan fingerprint density at radius 1 is 1.10 bits per heavy atom. The van der Waals surface area contributed by atoms with Gasteiger partial charge in [0.1, 0.15) is 17.3 Å². The molecule has 4 rings (SSSR count). The summed E-state index contributed by atoms with van der Waals surface area (Å²) in [7, 11) is 0. The molecule has 0 radical (unpaired) electrons. The molecular weight excluding hydrogens is 444 g/mol. The molecule has 0 saturated carbocycles. The fourth-order valence-electron chi connectivity index (χ4n) is 2.83. The molecule has 0 unspecified atom stereocenters. The zero-order chi connectivity index (χ0) is 21.8. The normalized spacial score (nSPS) is 10.8. The van der Waals surface area contributed by atoms with E-state index < -0.39 is 5.82 Å². The third-order valence-electron chi connectivity index (χ3n) is 4.35. The predicted molar refractivity (Wildman–Crippen MR) is 115 cm³/mol. The Labute approximate surface area is 187 Å². The van der Waals surface area contributed by atoms with Crippen LogP contribution in [-0.2, 0) is 13.3 Å². The van der Waals surface area contributed by atoms with Crippen LogP contribution < -0.4 is 10.1 Å². The van der Waals surface area contributed by atoms with Crippen molar-refractivity contribution < 1.29 is 13.9 Å². The first-order valence-electron chi connectivity index (χ1n) is 9.16. The van der Waals surface area contributed by atoms with E-state index in [2.05, 4.69) is 15.5 Å². The molecule has 0 aliphatic rings. The molecule has 0 aliphatic heterocycles. The lowest BCUT2D eigenvalue weighted by molar-refractivity contribution is 0.100. The molecule has 158 valence electrons. The topological polar surface area (TPSA) is 74.0 Å². The van der Waals surface area contributed by atoms with E-state index in [-0.39, 0.29) is 12.6 Å². The molecule has 0 aliphatic carbocycles. The van der Waals surface area contributed by atoms with Crippen molar-refractivity contribution in [2.24, 2.45) is 0 Å². The maximum atomic E-state index is 13.2. The van der Waals surface area contributed by atoms with Gasteiger partial charge in [0.2, 0.25) is 0 Å². The van der Waals surface area contributed by atoms with Crippen LogP contribution in [0, 0.1) is 5.82 Å². The number of rotatable bonds is 7. The number of halogens is 3. The minimum absolute atomic E-state index is 0.0553. The SMILES string of the molecule is O=C(Nc1cnn(Cc2ccc(F)cc2Cl)c1)c1ccnn1COc1ccc(Cl)cc1. The second-order valence-corrected chi connectivity index (χ2v) is 7.40. The van der Waals surface area contributed by atoms with Gasteiger partial charge in [-0.15, -0.1) is 0 Å². The molecule has 4 aromatic rings. The number of carbonyl (C=O) groups is 1. The van der Waals surface area contributed by atoms with E-state index in [1.54, 1.807) is 47.3 Å².